The fraction of sp³-hybridized carbons (Fsp3) is 1.00. The van der Waals surface area contributed by atoms with E-state index in [1.165, 1.54) is 58.3 Å². The van der Waals surface area contributed by atoms with E-state index in [1.807, 2.05) is 0 Å². The molecule has 120 valence electrons. The van der Waals surface area contributed by atoms with Crippen LogP contribution < -0.4 is 5.73 Å². The van der Waals surface area contributed by atoms with Gasteiger partial charge >= 0.3 is 0 Å². The summed E-state index contributed by atoms with van der Waals surface area (Å²) in [7, 11) is 0. The Balaban J connectivity index is 2.77. The van der Waals surface area contributed by atoms with Gasteiger partial charge in [-0.25, -0.2) is 0 Å². The normalized spacial score (nSPS) is 25.4. The molecule has 1 atom stereocenters. The van der Waals surface area contributed by atoms with E-state index in [0.717, 1.165) is 19.0 Å². The standard InChI is InChI=1S/C17H37N3/c1-5-16(6-2)14-20(8-4)17(15-18)10-9-12-19(7-3)13-11-17/h16H,5-15,18H2,1-4H3. The third-order valence-corrected chi connectivity index (χ3v) is 5.52. The molecule has 1 aliphatic rings. The average molecular weight is 284 g/mol. The summed E-state index contributed by atoms with van der Waals surface area (Å²) in [5, 5.41) is 0. The van der Waals surface area contributed by atoms with E-state index in [9.17, 15) is 0 Å². The van der Waals surface area contributed by atoms with Gasteiger partial charge in [-0.3, -0.25) is 4.90 Å². The summed E-state index contributed by atoms with van der Waals surface area (Å²) in [6.45, 7) is 16.1. The summed E-state index contributed by atoms with van der Waals surface area (Å²) < 4.78 is 0. The van der Waals surface area contributed by atoms with Gasteiger partial charge in [-0.2, -0.15) is 0 Å². The minimum Gasteiger partial charge on any atom is -0.329 e. The van der Waals surface area contributed by atoms with Gasteiger partial charge in [0.25, 0.3) is 0 Å². The average Bonchev–Trinajstić information content (AvgIpc) is 2.71. The van der Waals surface area contributed by atoms with Crippen LogP contribution in [-0.2, 0) is 0 Å². The molecule has 2 N–H and O–H groups in total. The van der Waals surface area contributed by atoms with Crippen LogP contribution in [0.3, 0.4) is 0 Å². The van der Waals surface area contributed by atoms with Crippen LogP contribution in [-0.4, -0.2) is 54.6 Å². The number of rotatable bonds is 8. The predicted octanol–water partition coefficient (Wildman–Crippen LogP) is 2.95. The van der Waals surface area contributed by atoms with E-state index in [2.05, 4.69) is 37.5 Å². The second-order valence-electron chi connectivity index (χ2n) is 6.44. The van der Waals surface area contributed by atoms with Crippen LogP contribution in [0.25, 0.3) is 0 Å². The van der Waals surface area contributed by atoms with Crippen LogP contribution in [0.1, 0.15) is 59.8 Å². The SMILES string of the molecule is CCC(CC)CN(CC)C1(CN)CCCN(CC)CC1. The van der Waals surface area contributed by atoms with Crippen molar-refractivity contribution in [1.82, 2.24) is 9.80 Å². The van der Waals surface area contributed by atoms with Gasteiger partial charge in [-0.1, -0.05) is 40.5 Å². The number of hydrogen-bond acceptors (Lipinski definition) is 3. The van der Waals surface area contributed by atoms with E-state index in [0.29, 0.717) is 0 Å². The Labute approximate surface area is 126 Å². The van der Waals surface area contributed by atoms with Gasteiger partial charge in [0.15, 0.2) is 0 Å². The first-order valence-electron chi connectivity index (χ1n) is 8.83. The lowest BCUT2D eigenvalue weighted by molar-refractivity contribution is 0.0650. The summed E-state index contributed by atoms with van der Waals surface area (Å²) in [6, 6.07) is 0. The Hall–Kier alpha value is -0.120. The van der Waals surface area contributed by atoms with Crippen LogP contribution >= 0.6 is 0 Å². The molecule has 0 saturated carbocycles. The van der Waals surface area contributed by atoms with Crippen molar-refractivity contribution < 1.29 is 0 Å². The molecule has 1 unspecified atom stereocenters. The quantitative estimate of drug-likeness (QED) is 0.743. The summed E-state index contributed by atoms with van der Waals surface area (Å²) in [5.41, 5.74) is 6.52. The topological polar surface area (TPSA) is 32.5 Å². The van der Waals surface area contributed by atoms with Crippen LogP contribution in [0, 0.1) is 5.92 Å². The molecule has 0 amide bonds. The number of nitrogens with zero attached hydrogens (tertiary/aromatic N) is 2. The molecule has 1 aliphatic heterocycles. The van der Waals surface area contributed by atoms with E-state index in [4.69, 9.17) is 5.73 Å². The van der Waals surface area contributed by atoms with Crippen molar-refractivity contribution in [1.29, 1.82) is 0 Å². The molecule has 1 saturated heterocycles. The molecular formula is C17H37N3. The molecular weight excluding hydrogens is 246 g/mol. The molecule has 0 aromatic heterocycles. The van der Waals surface area contributed by atoms with E-state index < -0.39 is 0 Å². The molecule has 0 spiro atoms. The molecule has 0 aromatic rings. The Morgan fingerprint density at radius 2 is 1.80 bits per heavy atom. The number of nitrogens with two attached hydrogens (primary N) is 1. The largest absolute Gasteiger partial charge is 0.329 e. The third kappa shape index (κ3) is 4.44. The first kappa shape index (κ1) is 17.9. The lowest BCUT2D eigenvalue weighted by atomic mass is 9.87. The minimum atomic E-state index is 0.251. The van der Waals surface area contributed by atoms with Crippen molar-refractivity contribution in [3.8, 4) is 0 Å². The number of hydrogen-bond donors (Lipinski definition) is 1. The second-order valence-corrected chi connectivity index (χ2v) is 6.44. The fourth-order valence-electron chi connectivity index (χ4n) is 3.72. The van der Waals surface area contributed by atoms with Gasteiger partial charge in [0, 0.05) is 18.6 Å². The maximum Gasteiger partial charge on any atom is 0.0344 e. The highest BCUT2D eigenvalue weighted by molar-refractivity contribution is 4.94. The maximum absolute atomic E-state index is 6.27. The fourth-order valence-corrected chi connectivity index (χ4v) is 3.72. The lowest BCUT2D eigenvalue weighted by Crippen LogP contribution is -2.55. The monoisotopic (exact) mass is 283 g/mol. The van der Waals surface area contributed by atoms with Crippen LogP contribution in [0.2, 0.25) is 0 Å². The predicted molar refractivity (Wildman–Crippen MR) is 89.1 cm³/mol. The summed E-state index contributed by atoms with van der Waals surface area (Å²) >= 11 is 0. The van der Waals surface area contributed by atoms with Crippen molar-refractivity contribution >= 4 is 0 Å². The molecule has 20 heavy (non-hydrogen) atoms. The van der Waals surface area contributed by atoms with Gasteiger partial charge in [0.2, 0.25) is 0 Å². The smallest absolute Gasteiger partial charge is 0.0344 e. The number of likely N-dealkylation sites (N-methyl/N-ethyl adjacent to an activating group) is 1. The zero-order chi connectivity index (χ0) is 15.0. The minimum absolute atomic E-state index is 0.251. The van der Waals surface area contributed by atoms with Gasteiger partial charge in [-0.15, -0.1) is 0 Å². The second kappa shape index (κ2) is 9.01. The summed E-state index contributed by atoms with van der Waals surface area (Å²) in [5.74, 6) is 0.823. The zero-order valence-electron chi connectivity index (χ0n) is 14.3. The number of likely N-dealkylation sites (tertiary alicyclic amines) is 1. The summed E-state index contributed by atoms with van der Waals surface area (Å²) in [6.07, 6.45) is 6.38. The zero-order valence-corrected chi connectivity index (χ0v) is 14.3. The molecule has 0 aromatic carbocycles. The molecule has 1 rings (SSSR count). The van der Waals surface area contributed by atoms with Crippen molar-refractivity contribution in [2.45, 2.75) is 65.3 Å². The third-order valence-electron chi connectivity index (χ3n) is 5.52. The molecule has 1 heterocycles. The highest BCUT2D eigenvalue weighted by atomic mass is 15.2. The lowest BCUT2D eigenvalue weighted by Gasteiger charge is -2.44. The van der Waals surface area contributed by atoms with E-state index >= 15 is 0 Å². The Kier molecular flexibility index (Phi) is 8.08. The first-order chi connectivity index (χ1) is 9.65. The van der Waals surface area contributed by atoms with Crippen molar-refractivity contribution in [2.24, 2.45) is 11.7 Å². The van der Waals surface area contributed by atoms with Crippen LogP contribution in [0.4, 0.5) is 0 Å². The van der Waals surface area contributed by atoms with Gasteiger partial charge in [0.1, 0.15) is 0 Å². The van der Waals surface area contributed by atoms with Crippen molar-refractivity contribution in [2.75, 3.05) is 39.3 Å². The van der Waals surface area contributed by atoms with Crippen LogP contribution in [0.5, 0.6) is 0 Å². The Bertz CT molecular complexity index is 253. The van der Waals surface area contributed by atoms with Gasteiger partial charge < -0.3 is 10.6 Å². The molecule has 1 fully saturated rings. The summed E-state index contributed by atoms with van der Waals surface area (Å²) in [4.78, 5) is 5.30. The van der Waals surface area contributed by atoms with Gasteiger partial charge in [-0.05, 0) is 51.4 Å². The molecule has 0 bridgehead atoms. The Morgan fingerprint density at radius 3 is 2.30 bits per heavy atom. The Morgan fingerprint density at radius 1 is 1.10 bits per heavy atom. The van der Waals surface area contributed by atoms with Gasteiger partial charge in [0.05, 0.1) is 0 Å². The molecule has 3 heteroatoms. The molecule has 0 radical (unpaired) electrons. The highest BCUT2D eigenvalue weighted by Gasteiger charge is 2.36. The van der Waals surface area contributed by atoms with Crippen molar-refractivity contribution in [3.05, 3.63) is 0 Å². The molecule has 3 nitrogen and oxygen atoms in total. The van der Waals surface area contributed by atoms with Crippen LogP contribution in [0.15, 0.2) is 0 Å². The van der Waals surface area contributed by atoms with E-state index in [-0.39, 0.29) is 5.54 Å². The maximum atomic E-state index is 6.27. The highest BCUT2D eigenvalue weighted by Crippen LogP contribution is 2.29. The first-order valence-corrected chi connectivity index (χ1v) is 8.83. The molecule has 0 aliphatic carbocycles. The van der Waals surface area contributed by atoms with Crippen molar-refractivity contribution in [3.63, 3.8) is 0 Å². The van der Waals surface area contributed by atoms with E-state index in [1.54, 1.807) is 0 Å².